The fraction of sp³-hybridized carbons (Fsp3) is 0.770. The zero-order valence-electron chi connectivity index (χ0n) is 67.3. The lowest BCUT2D eigenvalue weighted by Crippen LogP contribution is -2.30. The van der Waals surface area contributed by atoms with Crippen LogP contribution in [0.4, 0.5) is 0 Å². The molecule has 17 nitrogen and oxygen atoms in total. The van der Waals surface area contributed by atoms with E-state index in [4.69, 9.17) is 37.0 Å². The number of carbonyl (C=O) groups excluding carboxylic acids is 4. The van der Waals surface area contributed by atoms with Gasteiger partial charge in [0.05, 0.1) is 26.4 Å². The molecule has 0 amide bonds. The summed E-state index contributed by atoms with van der Waals surface area (Å²) in [5, 5.41) is 10.7. The minimum absolute atomic E-state index is 0.0776. The van der Waals surface area contributed by atoms with Crippen molar-refractivity contribution < 1.29 is 80.2 Å². The molecule has 0 aliphatic carbocycles. The van der Waals surface area contributed by atoms with Crippen LogP contribution in [0.2, 0.25) is 0 Å². The maximum Gasteiger partial charge on any atom is 0.472 e. The molecule has 0 aromatic rings. The zero-order valence-corrected chi connectivity index (χ0v) is 69.1. The van der Waals surface area contributed by atoms with Gasteiger partial charge in [0, 0.05) is 25.7 Å². The van der Waals surface area contributed by atoms with Crippen molar-refractivity contribution in [3.05, 3.63) is 97.2 Å². The average molecular weight is 1530 g/mol. The Hall–Kier alpha value is -4.02. The Labute approximate surface area is 646 Å². The minimum Gasteiger partial charge on any atom is -0.462 e. The first-order valence-electron chi connectivity index (χ1n) is 42.5. The molecule has 0 saturated carbocycles. The van der Waals surface area contributed by atoms with Crippen molar-refractivity contribution in [1.29, 1.82) is 0 Å². The molecule has 0 fully saturated rings. The summed E-state index contributed by atoms with van der Waals surface area (Å²) in [6.45, 7) is 4.82. The van der Waals surface area contributed by atoms with Gasteiger partial charge in [-0.1, -0.05) is 311 Å². The van der Waals surface area contributed by atoms with Crippen molar-refractivity contribution in [2.24, 2.45) is 0 Å². The molecule has 19 heteroatoms. The lowest BCUT2D eigenvalue weighted by molar-refractivity contribution is -0.161. The molecule has 0 spiro atoms. The van der Waals surface area contributed by atoms with Gasteiger partial charge in [0.25, 0.3) is 0 Å². The summed E-state index contributed by atoms with van der Waals surface area (Å²) in [6, 6.07) is 0. The molecule has 0 saturated heterocycles. The van der Waals surface area contributed by atoms with Crippen LogP contribution < -0.4 is 0 Å². The van der Waals surface area contributed by atoms with Crippen molar-refractivity contribution >= 4 is 39.5 Å². The van der Waals surface area contributed by atoms with Crippen LogP contribution in [0.1, 0.15) is 374 Å². The van der Waals surface area contributed by atoms with Crippen molar-refractivity contribution in [3.8, 4) is 0 Å². The van der Waals surface area contributed by atoms with Crippen LogP contribution in [0.15, 0.2) is 97.2 Å². The SMILES string of the molecule is CCCCC/C=C\C/C=C\C/C=C\CCCCCCCCC(=O)OCC(COP(=O)(O)OCC(O)COP(=O)(O)OCC(COC(=O)CCCCCCC/C=C\C/C=C\CCCCC)OC(=O)CCCCCCCCCCCCCCC)OC(=O)CCCCCCCC/C=C\C/C=C\C/C=C\CCCCC. The number of phosphoric acid groups is 2. The summed E-state index contributed by atoms with van der Waals surface area (Å²) < 4.78 is 68.8. The number of carbonyl (C=O) groups is 4. The third-order valence-corrected chi connectivity index (χ3v) is 19.9. The molecule has 614 valence electrons. The number of unbranched alkanes of at least 4 members (excludes halogenated alkanes) is 38. The molecule has 0 bridgehead atoms. The number of allylic oxidation sites excluding steroid dienone is 16. The molecule has 3 N–H and O–H groups in total. The number of hydrogen-bond donors (Lipinski definition) is 3. The van der Waals surface area contributed by atoms with Gasteiger partial charge in [-0.15, -0.1) is 0 Å². The van der Waals surface area contributed by atoms with Gasteiger partial charge in [-0.2, -0.15) is 0 Å². The van der Waals surface area contributed by atoms with Gasteiger partial charge in [0.1, 0.15) is 19.3 Å². The summed E-state index contributed by atoms with van der Waals surface area (Å²) in [6.07, 6.45) is 85.0. The minimum atomic E-state index is -4.99. The maximum absolute atomic E-state index is 13.1. The predicted octanol–water partition coefficient (Wildman–Crippen LogP) is 25.1. The number of phosphoric ester groups is 2. The van der Waals surface area contributed by atoms with Gasteiger partial charge >= 0.3 is 39.5 Å². The molecule has 0 aromatic heterocycles. The topological polar surface area (TPSA) is 237 Å². The van der Waals surface area contributed by atoms with E-state index in [-0.39, 0.29) is 25.7 Å². The second-order valence-electron chi connectivity index (χ2n) is 28.4. The average Bonchev–Trinajstić information content (AvgIpc) is 0.903. The first-order chi connectivity index (χ1) is 51.7. The smallest absolute Gasteiger partial charge is 0.462 e. The summed E-state index contributed by atoms with van der Waals surface area (Å²) in [7, 11) is -9.97. The van der Waals surface area contributed by atoms with E-state index >= 15 is 0 Å². The van der Waals surface area contributed by atoms with Crippen molar-refractivity contribution in [2.45, 2.75) is 393 Å². The van der Waals surface area contributed by atoms with Crippen molar-refractivity contribution in [1.82, 2.24) is 0 Å². The van der Waals surface area contributed by atoms with Crippen LogP contribution in [0.5, 0.6) is 0 Å². The highest BCUT2D eigenvalue weighted by Crippen LogP contribution is 2.45. The first-order valence-corrected chi connectivity index (χ1v) is 45.5. The summed E-state index contributed by atoms with van der Waals surface area (Å²) in [4.78, 5) is 73.2. The van der Waals surface area contributed by atoms with Gasteiger partial charge < -0.3 is 33.8 Å². The lowest BCUT2D eigenvalue weighted by atomic mass is 10.0. The van der Waals surface area contributed by atoms with Crippen molar-refractivity contribution in [2.75, 3.05) is 39.6 Å². The van der Waals surface area contributed by atoms with Gasteiger partial charge in [-0.3, -0.25) is 37.3 Å². The Kier molecular flexibility index (Phi) is 76.1. The highest BCUT2D eigenvalue weighted by Gasteiger charge is 2.30. The summed E-state index contributed by atoms with van der Waals surface area (Å²) in [5.41, 5.74) is 0. The Morgan fingerprint density at radius 3 is 0.726 bits per heavy atom. The fourth-order valence-corrected chi connectivity index (χ4v) is 13.1. The van der Waals surface area contributed by atoms with Crippen LogP contribution in [-0.4, -0.2) is 96.7 Å². The number of aliphatic hydroxyl groups excluding tert-OH is 1. The van der Waals surface area contributed by atoms with E-state index in [0.717, 1.165) is 186 Å². The van der Waals surface area contributed by atoms with E-state index in [0.29, 0.717) is 25.7 Å². The Morgan fingerprint density at radius 2 is 0.462 bits per heavy atom. The Bertz CT molecular complexity index is 2380. The standard InChI is InChI=1S/C87H154O17P2/c1-5-9-13-17-21-25-29-33-36-38-40-42-45-49-52-56-60-64-68-72-85(90)98-78-83(104-87(92)74-70-66-62-58-54-50-46-43-41-39-37-34-30-26-22-18-14-10-6-2)80-102-106(95,96)100-76-81(88)75-99-105(93,94)101-79-82(103-86(91)73-69-65-61-57-53-47-32-28-24-20-16-12-8-4)77-97-84(89)71-67-63-59-55-51-48-44-35-31-27-23-19-15-11-7-3/h21-23,25-27,33-37,40-44,81-83,88H,5-20,24,28-32,38-39,45-80H2,1-4H3,(H,93,94)(H,95,96)/b25-21-,26-22-,27-23-,36-33-,37-34-,42-40-,43-41-,44-35-. The second kappa shape index (κ2) is 79.1. The number of hydrogen-bond acceptors (Lipinski definition) is 15. The van der Waals surface area contributed by atoms with Crippen LogP contribution >= 0.6 is 15.6 Å². The van der Waals surface area contributed by atoms with Crippen LogP contribution in [0.25, 0.3) is 0 Å². The molecule has 0 heterocycles. The molecule has 0 aromatic carbocycles. The van der Waals surface area contributed by atoms with Gasteiger partial charge in [0.15, 0.2) is 12.2 Å². The highest BCUT2D eigenvalue weighted by atomic mass is 31.2. The molecule has 0 rings (SSSR count). The molecule has 0 radical (unpaired) electrons. The molecular weight excluding hydrogens is 1380 g/mol. The van der Waals surface area contributed by atoms with Crippen LogP contribution in [-0.2, 0) is 65.4 Å². The first kappa shape index (κ1) is 102. The largest absolute Gasteiger partial charge is 0.472 e. The van der Waals surface area contributed by atoms with Crippen molar-refractivity contribution in [3.63, 3.8) is 0 Å². The molecule has 106 heavy (non-hydrogen) atoms. The van der Waals surface area contributed by atoms with Crippen LogP contribution in [0, 0.1) is 0 Å². The number of aliphatic hydroxyl groups is 1. The highest BCUT2D eigenvalue weighted by molar-refractivity contribution is 7.47. The van der Waals surface area contributed by atoms with E-state index < -0.39 is 97.5 Å². The van der Waals surface area contributed by atoms with E-state index in [2.05, 4.69) is 125 Å². The number of rotatable bonds is 80. The normalized spacial score (nSPS) is 14.3. The van der Waals surface area contributed by atoms with Gasteiger partial charge in [-0.05, 0) is 135 Å². The summed E-state index contributed by atoms with van der Waals surface area (Å²) >= 11 is 0. The quantitative estimate of drug-likeness (QED) is 0.0169. The molecular formula is C87H154O17P2. The van der Waals surface area contributed by atoms with E-state index in [1.165, 1.54) is 109 Å². The third-order valence-electron chi connectivity index (χ3n) is 18.0. The van der Waals surface area contributed by atoms with Crippen LogP contribution in [0.3, 0.4) is 0 Å². The zero-order chi connectivity index (χ0) is 77.4. The molecule has 0 aliphatic rings. The molecule has 5 atom stereocenters. The fourth-order valence-electron chi connectivity index (χ4n) is 11.5. The van der Waals surface area contributed by atoms with E-state index in [1.807, 2.05) is 0 Å². The second-order valence-corrected chi connectivity index (χ2v) is 31.3. The molecule has 0 aliphatic heterocycles. The third kappa shape index (κ3) is 78.1. The summed E-state index contributed by atoms with van der Waals surface area (Å²) in [5.74, 6) is -2.19. The number of ether oxygens (including phenoxy) is 4. The monoisotopic (exact) mass is 1530 g/mol. The van der Waals surface area contributed by atoms with Gasteiger partial charge in [-0.25, -0.2) is 9.13 Å². The van der Waals surface area contributed by atoms with E-state index in [9.17, 15) is 43.2 Å². The van der Waals surface area contributed by atoms with E-state index in [1.54, 1.807) is 0 Å². The Balaban J connectivity index is 5.38. The predicted molar refractivity (Wildman–Crippen MR) is 436 cm³/mol. The molecule has 5 unspecified atom stereocenters. The lowest BCUT2D eigenvalue weighted by Gasteiger charge is -2.21. The number of esters is 4. The maximum atomic E-state index is 13.1. The van der Waals surface area contributed by atoms with Gasteiger partial charge in [0.2, 0.25) is 0 Å². The Morgan fingerprint density at radius 1 is 0.264 bits per heavy atom.